The summed E-state index contributed by atoms with van der Waals surface area (Å²) in [5.74, 6) is 0.979. The highest BCUT2D eigenvalue weighted by Crippen LogP contribution is 2.24. The van der Waals surface area contributed by atoms with Crippen LogP contribution in [0.25, 0.3) is 10.9 Å². The van der Waals surface area contributed by atoms with E-state index in [1.165, 1.54) is 0 Å². The Kier molecular flexibility index (Phi) is 4.74. The predicted octanol–water partition coefficient (Wildman–Crippen LogP) is 1.79. The Hall–Kier alpha value is -2.97. The first kappa shape index (κ1) is 18.4. The van der Waals surface area contributed by atoms with E-state index in [0.717, 1.165) is 16.7 Å². The lowest BCUT2D eigenvalue weighted by Gasteiger charge is -2.37. The zero-order valence-corrected chi connectivity index (χ0v) is 16.1. The number of halogens is 1. The number of piperazine rings is 1. The molecule has 1 fully saturated rings. The Labute approximate surface area is 162 Å². The van der Waals surface area contributed by atoms with Crippen molar-refractivity contribution in [1.29, 1.82) is 0 Å². The molecule has 1 saturated heterocycles. The molecule has 146 valence electrons. The average molecular weight is 383 g/mol. The fourth-order valence-electron chi connectivity index (χ4n) is 3.48. The first-order valence-electron chi connectivity index (χ1n) is 9.37. The summed E-state index contributed by atoms with van der Waals surface area (Å²) >= 11 is 0. The van der Waals surface area contributed by atoms with Crippen LogP contribution in [0.3, 0.4) is 0 Å². The molecule has 28 heavy (non-hydrogen) atoms. The Morgan fingerprint density at radius 2 is 1.82 bits per heavy atom. The smallest absolute Gasteiger partial charge is 0.289 e. The summed E-state index contributed by atoms with van der Waals surface area (Å²) in [5, 5.41) is 0.958. The molecule has 1 atom stereocenters. The van der Waals surface area contributed by atoms with E-state index in [0.29, 0.717) is 38.0 Å². The molecule has 4 rings (SSSR count). The van der Waals surface area contributed by atoms with E-state index in [-0.39, 0.29) is 11.6 Å². The SMILES string of the molecule is Cc1nc(N2CCN(C3=NC(=O)C(F)C(C(C)C)=N3)CC2)c2ccncc2n1. The minimum absolute atomic E-state index is 0.144. The molecule has 2 aliphatic heterocycles. The zero-order chi connectivity index (χ0) is 19.8. The Morgan fingerprint density at radius 1 is 1.11 bits per heavy atom. The number of aromatic nitrogens is 3. The number of pyridine rings is 1. The largest absolute Gasteiger partial charge is 0.352 e. The molecule has 8 nitrogen and oxygen atoms in total. The number of carbonyl (C=O) groups is 1. The lowest BCUT2D eigenvalue weighted by atomic mass is 10.0. The highest BCUT2D eigenvalue weighted by atomic mass is 19.1. The van der Waals surface area contributed by atoms with Gasteiger partial charge in [-0.3, -0.25) is 9.78 Å². The summed E-state index contributed by atoms with van der Waals surface area (Å²) in [6.07, 6.45) is 1.74. The van der Waals surface area contributed by atoms with Gasteiger partial charge in [-0.15, -0.1) is 0 Å². The number of carbonyl (C=O) groups excluding carboxylic acids is 1. The van der Waals surface area contributed by atoms with Gasteiger partial charge in [0.25, 0.3) is 5.91 Å². The zero-order valence-electron chi connectivity index (χ0n) is 16.1. The lowest BCUT2D eigenvalue weighted by molar-refractivity contribution is -0.120. The van der Waals surface area contributed by atoms with Gasteiger partial charge in [-0.2, -0.15) is 4.99 Å². The highest BCUT2D eigenvalue weighted by Gasteiger charge is 2.33. The van der Waals surface area contributed by atoms with Gasteiger partial charge in [0.1, 0.15) is 11.6 Å². The van der Waals surface area contributed by atoms with E-state index in [4.69, 9.17) is 0 Å². The normalized spacial score (nSPS) is 20.6. The minimum Gasteiger partial charge on any atom is -0.352 e. The lowest BCUT2D eigenvalue weighted by Crippen LogP contribution is -2.50. The van der Waals surface area contributed by atoms with E-state index in [1.54, 1.807) is 12.4 Å². The maximum Gasteiger partial charge on any atom is 0.289 e. The van der Waals surface area contributed by atoms with Crippen LogP contribution in [-0.2, 0) is 4.79 Å². The van der Waals surface area contributed by atoms with Gasteiger partial charge in [0, 0.05) is 37.8 Å². The molecule has 0 spiro atoms. The van der Waals surface area contributed by atoms with E-state index in [1.807, 2.05) is 31.7 Å². The fourth-order valence-corrected chi connectivity index (χ4v) is 3.48. The van der Waals surface area contributed by atoms with Crippen LogP contribution in [0, 0.1) is 12.8 Å². The van der Waals surface area contributed by atoms with Crippen molar-refractivity contribution >= 4 is 34.3 Å². The van der Waals surface area contributed by atoms with Gasteiger partial charge in [0.15, 0.2) is 0 Å². The number of alkyl halides is 1. The molecule has 2 aromatic heterocycles. The number of amides is 1. The minimum atomic E-state index is -1.73. The van der Waals surface area contributed by atoms with Crippen molar-refractivity contribution in [3.8, 4) is 0 Å². The van der Waals surface area contributed by atoms with Crippen LogP contribution in [0.4, 0.5) is 10.2 Å². The maximum absolute atomic E-state index is 14.1. The van der Waals surface area contributed by atoms with Crippen LogP contribution < -0.4 is 4.90 Å². The number of hydrogen-bond acceptors (Lipinski definition) is 7. The fraction of sp³-hybridized carbons (Fsp3) is 0.474. The second-order valence-corrected chi connectivity index (χ2v) is 7.27. The number of rotatable bonds is 2. The summed E-state index contributed by atoms with van der Waals surface area (Å²) in [6.45, 7) is 8.14. The number of hydrogen-bond donors (Lipinski definition) is 0. The first-order valence-corrected chi connectivity index (χ1v) is 9.37. The van der Waals surface area contributed by atoms with Crippen LogP contribution in [0.2, 0.25) is 0 Å². The topological polar surface area (TPSA) is 86.9 Å². The Bertz CT molecular complexity index is 979. The number of aliphatic imine (C=N–C) groups is 2. The van der Waals surface area contributed by atoms with Crippen molar-refractivity contribution in [3.63, 3.8) is 0 Å². The number of aryl methyl sites for hydroxylation is 1. The first-order chi connectivity index (χ1) is 13.4. The van der Waals surface area contributed by atoms with Crippen molar-refractivity contribution in [2.24, 2.45) is 15.9 Å². The van der Waals surface area contributed by atoms with Gasteiger partial charge in [0.05, 0.1) is 17.4 Å². The molecule has 4 heterocycles. The highest BCUT2D eigenvalue weighted by molar-refractivity contribution is 6.18. The van der Waals surface area contributed by atoms with E-state index in [9.17, 15) is 9.18 Å². The predicted molar refractivity (Wildman–Crippen MR) is 105 cm³/mol. The maximum atomic E-state index is 14.1. The van der Waals surface area contributed by atoms with Crippen LogP contribution in [0.1, 0.15) is 19.7 Å². The monoisotopic (exact) mass is 383 g/mol. The second-order valence-electron chi connectivity index (χ2n) is 7.27. The Balaban J connectivity index is 1.55. The molecule has 1 unspecified atom stereocenters. The molecule has 2 aliphatic rings. The van der Waals surface area contributed by atoms with Crippen molar-refractivity contribution in [1.82, 2.24) is 19.9 Å². The summed E-state index contributed by atoms with van der Waals surface area (Å²) in [5.41, 5.74) is 1.07. The van der Waals surface area contributed by atoms with Gasteiger partial charge < -0.3 is 9.80 Å². The molecule has 0 aliphatic carbocycles. The summed E-state index contributed by atoms with van der Waals surface area (Å²) in [4.78, 5) is 37.5. The summed E-state index contributed by atoms with van der Waals surface area (Å²) in [7, 11) is 0. The van der Waals surface area contributed by atoms with Gasteiger partial charge >= 0.3 is 0 Å². The van der Waals surface area contributed by atoms with Crippen LogP contribution in [-0.4, -0.2) is 69.8 Å². The molecular formula is C19H22FN7O. The average Bonchev–Trinajstić information content (AvgIpc) is 2.69. The van der Waals surface area contributed by atoms with Crippen molar-refractivity contribution in [2.75, 3.05) is 31.1 Å². The van der Waals surface area contributed by atoms with Gasteiger partial charge in [-0.25, -0.2) is 19.4 Å². The molecule has 2 aromatic rings. The third-order valence-electron chi connectivity index (χ3n) is 4.96. The van der Waals surface area contributed by atoms with Gasteiger partial charge in [-0.1, -0.05) is 13.8 Å². The second kappa shape index (κ2) is 7.21. The quantitative estimate of drug-likeness (QED) is 0.786. The van der Waals surface area contributed by atoms with Crippen molar-refractivity contribution < 1.29 is 9.18 Å². The summed E-state index contributed by atoms with van der Waals surface area (Å²) in [6, 6.07) is 1.92. The third kappa shape index (κ3) is 3.32. The van der Waals surface area contributed by atoms with E-state index >= 15 is 0 Å². The molecule has 0 saturated carbocycles. The van der Waals surface area contributed by atoms with Gasteiger partial charge in [-0.05, 0) is 18.9 Å². The molecule has 9 heteroatoms. The molecule has 1 amide bonds. The van der Waals surface area contributed by atoms with E-state index in [2.05, 4.69) is 29.8 Å². The number of nitrogens with zero attached hydrogens (tertiary/aromatic N) is 7. The molecule has 0 N–H and O–H groups in total. The molecule has 0 radical (unpaired) electrons. The van der Waals surface area contributed by atoms with E-state index < -0.39 is 12.1 Å². The molecular weight excluding hydrogens is 361 g/mol. The number of fused-ring (bicyclic) bond motifs is 1. The van der Waals surface area contributed by atoms with Crippen LogP contribution >= 0.6 is 0 Å². The third-order valence-corrected chi connectivity index (χ3v) is 4.96. The van der Waals surface area contributed by atoms with Crippen molar-refractivity contribution in [3.05, 3.63) is 24.3 Å². The molecule has 0 aromatic carbocycles. The standard InChI is InChI=1S/C19H22FN7O/c1-11(2)16-15(20)18(28)25-19(24-16)27-8-6-26(7-9-27)17-13-4-5-21-10-14(13)22-12(3)23-17/h4-5,10-11,15H,6-9H2,1-3H3. The molecule has 0 bridgehead atoms. The number of guanidine groups is 1. The number of anilines is 1. The van der Waals surface area contributed by atoms with Crippen LogP contribution in [0.15, 0.2) is 28.4 Å². The Morgan fingerprint density at radius 3 is 2.54 bits per heavy atom. The van der Waals surface area contributed by atoms with Crippen LogP contribution in [0.5, 0.6) is 0 Å². The summed E-state index contributed by atoms with van der Waals surface area (Å²) < 4.78 is 14.1. The van der Waals surface area contributed by atoms with Crippen molar-refractivity contribution in [2.45, 2.75) is 26.9 Å². The van der Waals surface area contributed by atoms with Gasteiger partial charge in [0.2, 0.25) is 12.1 Å².